The Morgan fingerprint density at radius 3 is 2.64 bits per heavy atom. The number of pyridine rings is 2. The molecule has 3 aromatic heterocycles. The summed E-state index contributed by atoms with van der Waals surface area (Å²) in [6.45, 7) is 6.76. The van der Waals surface area contributed by atoms with Crippen LogP contribution in [0, 0.1) is 12.8 Å². The highest BCUT2D eigenvalue weighted by Gasteiger charge is 2.33. The molecule has 1 aliphatic carbocycles. The van der Waals surface area contributed by atoms with E-state index in [-0.39, 0.29) is 5.41 Å². The number of para-hydroxylation sites is 1. The summed E-state index contributed by atoms with van der Waals surface area (Å²) in [5, 5.41) is 2.16. The van der Waals surface area contributed by atoms with Crippen LogP contribution in [0.4, 0.5) is 0 Å². The lowest BCUT2D eigenvalue weighted by molar-refractivity contribution is 0.325. The van der Waals surface area contributed by atoms with Crippen LogP contribution in [-0.2, 0) is 5.41 Å². The standard InChI is InChI=1S/C25H26N2O/c1-16-11-12-20-19-9-6-10-21(23(19)28-24(20)27-16)22-15-18(13-14-26-22)25(2,3)17-7-4-5-8-17/h6,9-15,17H,4-5,7-8H2,1-3H3. The number of benzene rings is 1. The summed E-state index contributed by atoms with van der Waals surface area (Å²) in [4.78, 5) is 9.28. The van der Waals surface area contributed by atoms with Gasteiger partial charge in [-0.05, 0) is 67.0 Å². The number of hydrogen-bond acceptors (Lipinski definition) is 3. The van der Waals surface area contributed by atoms with Gasteiger partial charge in [-0.2, -0.15) is 0 Å². The highest BCUT2D eigenvalue weighted by atomic mass is 16.3. The maximum absolute atomic E-state index is 6.19. The Hall–Kier alpha value is -2.68. The number of hydrogen-bond donors (Lipinski definition) is 0. The molecular formula is C25H26N2O. The van der Waals surface area contributed by atoms with Crippen LogP contribution in [0.3, 0.4) is 0 Å². The van der Waals surface area contributed by atoms with Gasteiger partial charge in [-0.25, -0.2) is 4.98 Å². The third-order valence-electron chi connectivity index (χ3n) is 6.66. The van der Waals surface area contributed by atoms with Crippen LogP contribution in [0.2, 0.25) is 0 Å². The summed E-state index contributed by atoms with van der Waals surface area (Å²) >= 11 is 0. The second-order valence-electron chi connectivity index (χ2n) is 8.72. The minimum Gasteiger partial charge on any atom is -0.437 e. The molecule has 0 N–H and O–H groups in total. The molecule has 4 aromatic rings. The number of rotatable bonds is 3. The predicted molar refractivity (Wildman–Crippen MR) is 114 cm³/mol. The van der Waals surface area contributed by atoms with Crippen molar-refractivity contribution < 1.29 is 4.42 Å². The second kappa shape index (κ2) is 6.44. The summed E-state index contributed by atoms with van der Waals surface area (Å²) < 4.78 is 6.19. The molecule has 0 amide bonds. The Bertz CT molecular complexity index is 1170. The Morgan fingerprint density at radius 1 is 1.00 bits per heavy atom. The zero-order valence-electron chi connectivity index (χ0n) is 16.8. The van der Waals surface area contributed by atoms with Gasteiger partial charge in [-0.3, -0.25) is 4.98 Å². The molecule has 0 spiro atoms. The molecule has 0 atom stereocenters. The van der Waals surface area contributed by atoms with E-state index in [2.05, 4.69) is 55.2 Å². The van der Waals surface area contributed by atoms with E-state index in [1.165, 1.54) is 31.2 Å². The zero-order valence-corrected chi connectivity index (χ0v) is 16.8. The first-order valence-electron chi connectivity index (χ1n) is 10.3. The predicted octanol–water partition coefficient (Wildman–Crippen LogP) is 6.82. The lowest BCUT2D eigenvalue weighted by Crippen LogP contribution is -2.26. The number of aryl methyl sites for hydroxylation is 1. The van der Waals surface area contributed by atoms with E-state index in [1.54, 1.807) is 0 Å². The van der Waals surface area contributed by atoms with Crippen LogP contribution >= 0.6 is 0 Å². The van der Waals surface area contributed by atoms with Crippen LogP contribution in [-0.4, -0.2) is 9.97 Å². The fourth-order valence-corrected chi connectivity index (χ4v) is 4.83. The number of furan rings is 1. The van der Waals surface area contributed by atoms with Gasteiger partial charge in [-0.15, -0.1) is 0 Å². The molecule has 3 heteroatoms. The van der Waals surface area contributed by atoms with E-state index in [0.717, 1.165) is 39.2 Å². The van der Waals surface area contributed by atoms with E-state index in [9.17, 15) is 0 Å². The van der Waals surface area contributed by atoms with E-state index in [4.69, 9.17) is 9.40 Å². The van der Waals surface area contributed by atoms with Crippen molar-refractivity contribution in [2.24, 2.45) is 5.92 Å². The SMILES string of the molecule is Cc1ccc2c(n1)oc1c(-c3cc(C(C)(C)C4CCCC4)ccn3)cccc12. The van der Waals surface area contributed by atoms with Crippen molar-refractivity contribution in [2.45, 2.75) is 51.9 Å². The third kappa shape index (κ3) is 2.72. The summed E-state index contributed by atoms with van der Waals surface area (Å²) in [6, 6.07) is 14.9. The first-order valence-corrected chi connectivity index (χ1v) is 10.3. The molecule has 1 fully saturated rings. The van der Waals surface area contributed by atoms with Crippen molar-refractivity contribution in [3.05, 3.63) is 59.9 Å². The third-order valence-corrected chi connectivity index (χ3v) is 6.66. The van der Waals surface area contributed by atoms with Crippen LogP contribution in [0.1, 0.15) is 50.8 Å². The Morgan fingerprint density at radius 2 is 1.82 bits per heavy atom. The summed E-state index contributed by atoms with van der Waals surface area (Å²) in [6.07, 6.45) is 7.32. The van der Waals surface area contributed by atoms with E-state index >= 15 is 0 Å². The number of aromatic nitrogens is 2. The molecule has 1 aromatic carbocycles. The van der Waals surface area contributed by atoms with Gasteiger partial charge in [0.2, 0.25) is 5.71 Å². The van der Waals surface area contributed by atoms with Crippen molar-refractivity contribution >= 4 is 22.1 Å². The van der Waals surface area contributed by atoms with Crippen molar-refractivity contribution in [1.82, 2.24) is 9.97 Å². The maximum atomic E-state index is 6.19. The average Bonchev–Trinajstić information content (AvgIpc) is 3.36. The van der Waals surface area contributed by atoms with Crippen LogP contribution < -0.4 is 0 Å². The largest absolute Gasteiger partial charge is 0.437 e. The molecule has 1 aliphatic rings. The topological polar surface area (TPSA) is 38.9 Å². The van der Waals surface area contributed by atoms with Gasteiger partial charge in [0, 0.05) is 28.2 Å². The minimum absolute atomic E-state index is 0.161. The first-order chi connectivity index (χ1) is 13.5. The molecule has 1 saturated carbocycles. The summed E-state index contributed by atoms with van der Waals surface area (Å²) in [5.41, 5.74) is 6.08. The lowest BCUT2D eigenvalue weighted by atomic mass is 9.72. The Labute approximate surface area is 165 Å². The normalized spacial score (nSPS) is 15.7. The van der Waals surface area contributed by atoms with E-state index in [1.807, 2.05) is 19.2 Å². The molecule has 142 valence electrons. The smallest absolute Gasteiger partial charge is 0.227 e. The molecular weight excluding hydrogens is 344 g/mol. The lowest BCUT2D eigenvalue weighted by Gasteiger charge is -2.32. The summed E-state index contributed by atoms with van der Waals surface area (Å²) in [7, 11) is 0. The van der Waals surface area contributed by atoms with Gasteiger partial charge >= 0.3 is 0 Å². The van der Waals surface area contributed by atoms with Gasteiger partial charge in [0.1, 0.15) is 5.58 Å². The molecule has 5 rings (SSSR count). The van der Waals surface area contributed by atoms with Crippen molar-refractivity contribution in [3.63, 3.8) is 0 Å². The molecule has 0 aliphatic heterocycles. The van der Waals surface area contributed by atoms with Gasteiger partial charge in [0.25, 0.3) is 0 Å². The molecule has 0 bridgehead atoms. The molecule has 3 heterocycles. The molecule has 0 radical (unpaired) electrons. The monoisotopic (exact) mass is 370 g/mol. The van der Waals surface area contributed by atoms with E-state index in [0.29, 0.717) is 5.71 Å². The van der Waals surface area contributed by atoms with Crippen LogP contribution in [0.15, 0.2) is 53.1 Å². The molecule has 0 saturated heterocycles. The van der Waals surface area contributed by atoms with Gasteiger partial charge < -0.3 is 4.42 Å². The van der Waals surface area contributed by atoms with Crippen LogP contribution in [0.5, 0.6) is 0 Å². The van der Waals surface area contributed by atoms with Crippen molar-refractivity contribution in [2.75, 3.05) is 0 Å². The number of fused-ring (bicyclic) bond motifs is 3. The Balaban J connectivity index is 1.65. The first kappa shape index (κ1) is 17.4. The second-order valence-corrected chi connectivity index (χ2v) is 8.72. The molecule has 0 unspecified atom stereocenters. The average molecular weight is 370 g/mol. The van der Waals surface area contributed by atoms with Crippen LogP contribution in [0.25, 0.3) is 33.3 Å². The molecule has 28 heavy (non-hydrogen) atoms. The van der Waals surface area contributed by atoms with Crippen molar-refractivity contribution in [3.8, 4) is 11.3 Å². The van der Waals surface area contributed by atoms with Crippen molar-refractivity contribution in [1.29, 1.82) is 0 Å². The minimum atomic E-state index is 0.161. The maximum Gasteiger partial charge on any atom is 0.227 e. The Kier molecular flexibility index (Phi) is 4.01. The zero-order chi connectivity index (χ0) is 19.3. The highest BCUT2D eigenvalue weighted by Crippen LogP contribution is 2.43. The van der Waals surface area contributed by atoms with E-state index < -0.39 is 0 Å². The number of nitrogens with zero attached hydrogens (tertiary/aromatic N) is 2. The quantitative estimate of drug-likeness (QED) is 0.397. The highest BCUT2D eigenvalue weighted by molar-refractivity contribution is 6.08. The molecule has 3 nitrogen and oxygen atoms in total. The van der Waals surface area contributed by atoms with Gasteiger partial charge in [0.15, 0.2) is 0 Å². The van der Waals surface area contributed by atoms with Gasteiger partial charge in [0.05, 0.1) is 5.69 Å². The van der Waals surface area contributed by atoms with Gasteiger partial charge in [-0.1, -0.05) is 38.8 Å². The fraction of sp³-hybridized carbons (Fsp3) is 0.360. The fourth-order valence-electron chi connectivity index (χ4n) is 4.83. The summed E-state index contributed by atoms with van der Waals surface area (Å²) in [5.74, 6) is 0.747.